The van der Waals surface area contributed by atoms with E-state index in [1.807, 2.05) is 12.1 Å². The number of piperidine rings is 1. The zero-order valence-corrected chi connectivity index (χ0v) is 13.5. The van der Waals surface area contributed by atoms with Gasteiger partial charge in [0.2, 0.25) is 0 Å². The average molecular weight is 342 g/mol. The number of anilines is 1. The molecule has 1 heterocycles. The zero-order valence-electron chi connectivity index (χ0n) is 11.9. The molecule has 0 aromatic heterocycles. The number of alkyl halides is 1. The van der Waals surface area contributed by atoms with Crippen molar-refractivity contribution in [2.24, 2.45) is 0 Å². The lowest BCUT2D eigenvalue weighted by Gasteiger charge is -2.37. The molecule has 2 rings (SSSR count). The van der Waals surface area contributed by atoms with E-state index in [0.29, 0.717) is 11.4 Å². The van der Waals surface area contributed by atoms with E-state index in [9.17, 15) is 10.1 Å². The van der Waals surface area contributed by atoms with Crippen LogP contribution in [-0.2, 0) is 5.33 Å². The molecule has 0 bridgehead atoms. The van der Waals surface area contributed by atoms with Gasteiger partial charge in [0, 0.05) is 42.3 Å². The second-order valence-corrected chi connectivity index (χ2v) is 5.93. The Bertz CT molecular complexity index is 495. The Balaban J connectivity index is 2.21. The summed E-state index contributed by atoms with van der Waals surface area (Å²) < 4.78 is 0. The van der Waals surface area contributed by atoms with Crippen LogP contribution >= 0.6 is 15.9 Å². The lowest BCUT2D eigenvalue weighted by Crippen LogP contribution is -2.45. The molecule has 5 nitrogen and oxygen atoms in total. The number of nitro groups is 1. The maximum absolute atomic E-state index is 11.0. The molecule has 6 heteroatoms. The number of nitrogens with zero attached hydrogens (tertiary/aromatic N) is 3. The average Bonchev–Trinajstić information content (AvgIpc) is 2.45. The number of hydrogen-bond donors (Lipinski definition) is 0. The highest BCUT2D eigenvalue weighted by Crippen LogP contribution is 2.28. The molecule has 0 amide bonds. The molecular weight excluding hydrogens is 322 g/mol. The van der Waals surface area contributed by atoms with Gasteiger partial charge in [-0.05, 0) is 38.6 Å². The summed E-state index contributed by atoms with van der Waals surface area (Å²) in [6.45, 7) is 2.19. The molecule has 0 saturated carbocycles. The molecule has 20 heavy (non-hydrogen) atoms. The molecule has 0 N–H and O–H groups in total. The number of benzene rings is 1. The van der Waals surface area contributed by atoms with Crippen LogP contribution in [0.4, 0.5) is 11.4 Å². The molecule has 0 radical (unpaired) electrons. The van der Waals surface area contributed by atoms with Crippen molar-refractivity contribution in [3.05, 3.63) is 33.9 Å². The smallest absolute Gasteiger partial charge is 0.273 e. The lowest BCUT2D eigenvalue weighted by molar-refractivity contribution is -0.385. The van der Waals surface area contributed by atoms with Gasteiger partial charge >= 0.3 is 0 Å². The number of hydrogen-bond acceptors (Lipinski definition) is 4. The van der Waals surface area contributed by atoms with Crippen molar-refractivity contribution in [3.63, 3.8) is 0 Å². The van der Waals surface area contributed by atoms with Crippen LogP contribution < -0.4 is 4.90 Å². The Labute approximate surface area is 127 Å². The quantitative estimate of drug-likeness (QED) is 0.479. The first-order valence-electron chi connectivity index (χ1n) is 6.77. The first kappa shape index (κ1) is 15.3. The molecule has 110 valence electrons. The highest BCUT2D eigenvalue weighted by atomic mass is 79.9. The van der Waals surface area contributed by atoms with E-state index < -0.39 is 0 Å². The van der Waals surface area contributed by atoms with E-state index in [4.69, 9.17) is 0 Å². The van der Waals surface area contributed by atoms with E-state index in [0.717, 1.165) is 24.3 Å². The minimum Gasteiger partial charge on any atom is -0.370 e. The van der Waals surface area contributed by atoms with Gasteiger partial charge in [-0.25, -0.2) is 0 Å². The minimum absolute atomic E-state index is 0.180. The predicted octanol–water partition coefficient (Wildman–Crippen LogP) is 3.02. The number of halogens is 1. The maximum Gasteiger partial charge on any atom is 0.273 e. The summed E-state index contributed by atoms with van der Waals surface area (Å²) in [5.41, 5.74) is 1.95. The monoisotopic (exact) mass is 341 g/mol. The maximum atomic E-state index is 11.0. The van der Waals surface area contributed by atoms with Crippen molar-refractivity contribution in [1.82, 2.24) is 4.90 Å². The van der Waals surface area contributed by atoms with Crippen molar-refractivity contribution in [1.29, 1.82) is 0 Å². The van der Waals surface area contributed by atoms with E-state index in [1.54, 1.807) is 6.07 Å². The molecule has 1 aromatic rings. The van der Waals surface area contributed by atoms with Crippen LogP contribution in [-0.4, -0.2) is 43.0 Å². The Hall–Kier alpha value is -1.14. The minimum atomic E-state index is -0.325. The van der Waals surface area contributed by atoms with Crippen LogP contribution in [0.5, 0.6) is 0 Å². The standard InChI is InChI=1S/C14H20BrN3O2/c1-16-7-3-4-13(10-16)17(2)12-5-6-14(18(19)20)11(8-12)9-15/h5-6,8,13H,3-4,7,9-10H2,1-2H3. The fourth-order valence-corrected chi connectivity index (χ4v) is 3.19. The highest BCUT2D eigenvalue weighted by molar-refractivity contribution is 9.08. The first-order chi connectivity index (χ1) is 9.52. The van der Waals surface area contributed by atoms with Crippen molar-refractivity contribution in [3.8, 4) is 0 Å². The summed E-state index contributed by atoms with van der Waals surface area (Å²) in [5, 5.41) is 11.5. The Morgan fingerprint density at radius 2 is 2.30 bits per heavy atom. The lowest BCUT2D eigenvalue weighted by atomic mass is 10.0. The summed E-state index contributed by atoms with van der Waals surface area (Å²) in [6.07, 6.45) is 2.37. The molecule has 1 saturated heterocycles. The number of rotatable bonds is 4. The van der Waals surface area contributed by atoms with E-state index in [-0.39, 0.29) is 10.6 Å². The van der Waals surface area contributed by atoms with Gasteiger partial charge in [-0.3, -0.25) is 10.1 Å². The second kappa shape index (κ2) is 6.54. The normalized spacial score (nSPS) is 19.9. The number of nitro benzene ring substituents is 1. The van der Waals surface area contributed by atoms with Crippen LogP contribution in [0, 0.1) is 10.1 Å². The van der Waals surface area contributed by atoms with E-state index in [1.165, 1.54) is 12.8 Å². The predicted molar refractivity (Wildman–Crippen MR) is 84.6 cm³/mol. The molecule has 1 unspecified atom stereocenters. The number of likely N-dealkylation sites (tertiary alicyclic amines) is 1. The Kier molecular flexibility index (Phi) is 4.99. The van der Waals surface area contributed by atoms with Crippen molar-refractivity contribution >= 4 is 27.3 Å². The molecule has 0 spiro atoms. The highest BCUT2D eigenvalue weighted by Gasteiger charge is 2.22. The van der Waals surface area contributed by atoms with Gasteiger partial charge in [0.1, 0.15) is 0 Å². The fourth-order valence-electron chi connectivity index (χ4n) is 2.74. The summed E-state index contributed by atoms with van der Waals surface area (Å²) >= 11 is 3.33. The Morgan fingerprint density at radius 1 is 1.55 bits per heavy atom. The van der Waals surface area contributed by atoms with Gasteiger partial charge < -0.3 is 9.80 Å². The molecule has 0 aliphatic carbocycles. The van der Waals surface area contributed by atoms with Crippen molar-refractivity contribution in [2.45, 2.75) is 24.2 Å². The van der Waals surface area contributed by atoms with Gasteiger partial charge in [0.15, 0.2) is 0 Å². The van der Waals surface area contributed by atoms with E-state index >= 15 is 0 Å². The molecule has 1 atom stereocenters. The molecule has 1 aromatic carbocycles. The Morgan fingerprint density at radius 3 is 2.90 bits per heavy atom. The molecule has 1 fully saturated rings. The third-order valence-corrected chi connectivity index (χ3v) is 4.56. The number of likely N-dealkylation sites (N-methyl/N-ethyl adjacent to an activating group) is 2. The molecule has 1 aliphatic heterocycles. The van der Waals surface area contributed by atoms with Gasteiger partial charge in [-0.15, -0.1) is 0 Å². The topological polar surface area (TPSA) is 49.6 Å². The van der Waals surface area contributed by atoms with Gasteiger partial charge in [-0.1, -0.05) is 15.9 Å². The van der Waals surface area contributed by atoms with Crippen LogP contribution in [0.1, 0.15) is 18.4 Å². The van der Waals surface area contributed by atoms with Crippen molar-refractivity contribution in [2.75, 3.05) is 32.1 Å². The summed E-state index contributed by atoms with van der Waals surface area (Å²) in [4.78, 5) is 15.2. The second-order valence-electron chi connectivity index (χ2n) is 5.37. The van der Waals surface area contributed by atoms with Crippen LogP contribution in [0.15, 0.2) is 18.2 Å². The summed E-state index contributed by atoms with van der Waals surface area (Å²) in [5.74, 6) is 0. The largest absolute Gasteiger partial charge is 0.370 e. The molecule has 1 aliphatic rings. The SMILES string of the molecule is CN1CCCC(N(C)c2ccc([N+](=O)[O-])c(CBr)c2)C1. The third-order valence-electron chi connectivity index (χ3n) is 3.96. The summed E-state index contributed by atoms with van der Waals surface area (Å²) in [6, 6.07) is 5.84. The van der Waals surface area contributed by atoms with E-state index in [2.05, 4.69) is 39.8 Å². The van der Waals surface area contributed by atoms with Gasteiger partial charge in [0.05, 0.1) is 4.92 Å². The fraction of sp³-hybridized carbons (Fsp3) is 0.571. The van der Waals surface area contributed by atoms with Crippen LogP contribution in [0.3, 0.4) is 0 Å². The van der Waals surface area contributed by atoms with Crippen molar-refractivity contribution < 1.29 is 4.92 Å². The zero-order chi connectivity index (χ0) is 14.7. The first-order valence-corrected chi connectivity index (χ1v) is 7.89. The van der Waals surface area contributed by atoms with Crippen LogP contribution in [0.2, 0.25) is 0 Å². The summed E-state index contributed by atoms with van der Waals surface area (Å²) in [7, 11) is 4.21. The van der Waals surface area contributed by atoms with Gasteiger partial charge in [-0.2, -0.15) is 0 Å². The third kappa shape index (κ3) is 3.30. The van der Waals surface area contributed by atoms with Crippen LogP contribution in [0.25, 0.3) is 0 Å². The molecular formula is C14H20BrN3O2. The van der Waals surface area contributed by atoms with Gasteiger partial charge in [0.25, 0.3) is 5.69 Å².